The lowest BCUT2D eigenvalue weighted by molar-refractivity contribution is -0.145. The van der Waals surface area contributed by atoms with Crippen LogP contribution in [0.25, 0.3) is 0 Å². The molecule has 0 saturated carbocycles. The highest BCUT2D eigenvalue weighted by Crippen LogP contribution is 2.30. The van der Waals surface area contributed by atoms with Crippen LogP contribution in [0.4, 0.5) is 5.69 Å². The molecule has 1 aliphatic heterocycles. The summed E-state index contributed by atoms with van der Waals surface area (Å²) in [6.07, 6.45) is 0. The molecule has 0 aromatic heterocycles. The fourth-order valence-corrected chi connectivity index (χ4v) is 2.53. The van der Waals surface area contributed by atoms with E-state index < -0.39 is 12.0 Å². The van der Waals surface area contributed by atoms with Gasteiger partial charge in [0.1, 0.15) is 6.04 Å². The van der Waals surface area contributed by atoms with Crippen LogP contribution in [0.2, 0.25) is 0 Å². The smallest absolute Gasteiger partial charge is 0.321 e. The van der Waals surface area contributed by atoms with Crippen molar-refractivity contribution in [2.24, 2.45) is 5.92 Å². The Labute approximate surface area is 101 Å². The first-order valence-electron chi connectivity index (χ1n) is 5.83. The minimum absolute atomic E-state index is 0.0861. The van der Waals surface area contributed by atoms with Crippen molar-refractivity contribution in [3.8, 4) is 0 Å². The van der Waals surface area contributed by atoms with E-state index in [2.05, 4.69) is 0 Å². The molecule has 92 valence electrons. The number of rotatable bonds is 3. The van der Waals surface area contributed by atoms with Crippen LogP contribution in [0.1, 0.15) is 25.0 Å². The highest BCUT2D eigenvalue weighted by molar-refractivity contribution is 5.74. The number of carbonyl (C=O) groups is 1. The number of carboxylic acids is 1. The third-order valence-corrected chi connectivity index (χ3v) is 3.32. The normalized spacial score (nSPS) is 17.1. The maximum atomic E-state index is 11.3. The molecule has 3 N–H and O–H groups in total. The van der Waals surface area contributed by atoms with E-state index in [1.165, 1.54) is 0 Å². The molecule has 17 heavy (non-hydrogen) atoms. The summed E-state index contributed by atoms with van der Waals surface area (Å²) < 4.78 is 0. The van der Waals surface area contributed by atoms with Crippen LogP contribution in [0.3, 0.4) is 0 Å². The van der Waals surface area contributed by atoms with Gasteiger partial charge >= 0.3 is 5.97 Å². The van der Waals surface area contributed by atoms with Crippen LogP contribution in [-0.4, -0.2) is 22.0 Å². The average molecular weight is 234 g/mol. The van der Waals surface area contributed by atoms with E-state index >= 15 is 0 Å². The minimum atomic E-state index is -0.758. The number of benzene rings is 1. The number of aliphatic carboxylic acids is 1. The summed E-state index contributed by atoms with van der Waals surface area (Å²) in [4.78, 5) is 13.3. The second-order valence-corrected chi connectivity index (χ2v) is 4.92. The number of carboxylic acid groups (broad SMARTS) is 1. The third-order valence-electron chi connectivity index (χ3n) is 3.32. The van der Waals surface area contributed by atoms with E-state index in [9.17, 15) is 9.90 Å². The highest BCUT2D eigenvalue weighted by Gasteiger charge is 2.33. The molecule has 0 amide bonds. The predicted molar refractivity (Wildman–Crippen MR) is 66.4 cm³/mol. The Morgan fingerprint density at radius 3 is 2.65 bits per heavy atom. The quantitative estimate of drug-likeness (QED) is 0.781. The standard InChI is InChI=1S/C13H18N2O2/c1-8(2)12(13(16)17)15-6-9-4-3-5-11(14)10(9)7-15/h3-5,8,12H,6-7,14H2,1-2H3,(H,16,17). The molecule has 1 aromatic rings. The number of nitrogens with two attached hydrogens (primary N) is 1. The van der Waals surface area contributed by atoms with Gasteiger partial charge in [-0.05, 0) is 23.1 Å². The summed E-state index contributed by atoms with van der Waals surface area (Å²) in [5.74, 6) is -0.672. The lowest BCUT2D eigenvalue weighted by Crippen LogP contribution is -2.41. The van der Waals surface area contributed by atoms with Crippen molar-refractivity contribution >= 4 is 11.7 Å². The molecule has 1 aromatic carbocycles. The van der Waals surface area contributed by atoms with Crippen molar-refractivity contribution in [3.63, 3.8) is 0 Å². The fourth-order valence-electron chi connectivity index (χ4n) is 2.53. The van der Waals surface area contributed by atoms with Gasteiger partial charge in [0.25, 0.3) is 0 Å². The van der Waals surface area contributed by atoms with Gasteiger partial charge in [0, 0.05) is 18.8 Å². The summed E-state index contributed by atoms with van der Waals surface area (Å²) in [6, 6.07) is 5.36. The average Bonchev–Trinajstić information content (AvgIpc) is 2.61. The zero-order chi connectivity index (χ0) is 12.6. The molecular formula is C13H18N2O2. The summed E-state index contributed by atoms with van der Waals surface area (Å²) in [6.45, 7) is 5.18. The zero-order valence-electron chi connectivity index (χ0n) is 10.2. The maximum absolute atomic E-state index is 11.3. The van der Waals surface area contributed by atoms with Crippen LogP contribution in [-0.2, 0) is 17.9 Å². The summed E-state index contributed by atoms with van der Waals surface area (Å²) >= 11 is 0. The third kappa shape index (κ3) is 2.13. The Hall–Kier alpha value is -1.55. The van der Waals surface area contributed by atoms with Gasteiger partial charge in [-0.15, -0.1) is 0 Å². The number of nitrogens with zero attached hydrogens (tertiary/aromatic N) is 1. The Morgan fingerprint density at radius 1 is 1.41 bits per heavy atom. The molecule has 4 heteroatoms. The minimum Gasteiger partial charge on any atom is -0.480 e. The lowest BCUT2D eigenvalue weighted by Gasteiger charge is -2.26. The van der Waals surface area contributed by atoms with E-state index in [0.717, 1.165) is 16.8 Å². The molecule has 1 heterocycles. The molecule has 1 unspecified atom stereocenters. The molecule has 2 rings (SSSR count). The van der Waals surface area contributed by atoms with Gasteiger partial charge in [-0.1, -0.05) is 26.0 Å². The second-order valence-electron chi connectivity index (χ2n) is 4.92. The first-order valence-corrected chi connectivity index (χ1v) is 5.83. The first-order chi connectivity index (χ1) is 8.00. The van der Waals surface area contributed by atoms with Crippen LogP contribution >= 0.6 is 0 Å². The van der Waals surface area contributed by atoms with Crippen molar-refractivity contribution in [2.75, 3.05) is 5.73 Å². The highest BCUT2D eigenvalue weighted by atomic mass is 16.4. The molecule has 0 saturated heterocycles. The molecule has 1 aliphatic rings. The SMILES string of the molecule is CC(C)C(C(=O)O)N1Cc2cccc(N)c2C1. The number of fused-ring (bicyclic) bond motifs is 1. The Bertz CT molecular complexity index is 443. The summed E-state index contributed by atoms with van der Waals surface area (Å²) in [7, 11) is 0. The van der Waals surface area contributed by atoms with Crippen molar-refractivity contribution in [2.45, 2.75) is 33.0 Å². The van der Waals surface area contributed by atoms with E-state index in [-0.39, 0.29) is 5.92 Å². The first kappa shape index (κ1) is 11.9. The van der Waals surface area contributed by atoms with Crippen molar-refractivity contribution < 1.29 is 9.90 Å². The lowest BCUT2D eigenvalue weighted by atomic mass is 10.0. The van der Waals surface area contributed by atoms with Crippen molar-refractivity contribution in [1.82, 2.24) is 4.90 Å². The molecule has 0 radical (unpaired) electrons. The molecule has 0 aliphatic carbocycles. The van der Waals surface area contributed by atoms with E-state index in [4.69, 9.17) is 5.73 Å². The Balaban J connectivity index is 2.24. The van der Waals surface area contributed by atoms with E-state index in [1.807, 2.05) is 36.9 Å². The number of anilines is 1. The van der Waals surface area contributed by atoms with Crippen LogP contribution in [0.5, 0.6) is 0 Å². The number of hydrogen-bond donors (Lipinski definition) is 2. The topological polar surface area (TPSA) is 66.6 Å². The molecular weight excluding hydrogens is 216 g/mol. The molecule has 0 bridgehead atoms. The van der Waals surface area contributed by atoms with Gasteiger partial charge in [-0.25, -0.2) is 0 Å². The largest absolute Gasteiger partial charge is 0.480 e. The van der Waals surface area contributed by atoms with Gasteiger partial charge in [-0.3, -0.25) is 9.69 Å². The molecule has 0 fully saturated rings. The predicted octanol–water partition coefficient (Wildman–Crippen LogP) is 1.69. The molecule has 0 spiro atoms. The van der Waals surface area contributed by atoms with Gasteiger partial charge in [0.2, 0.25) is 0 Å². The number of hydrogen-bond acceptors (Lipinski definition) is 3. The van der Waals surface area contributed by atoms with Crippen molar-refractivity contribution in [3.05, 3.63) is 29.3 Å². The summed E-state index contributed by atoms with van der Waals surface area (Å²) in [5, 5.41) is 9.28. The Kier molecular flexibility index (Phi) is 3.07. The van der Waals surface area contributed by atoms with Crippen molar-refractivity contribution in [1.29, 1.82) is 0 Å². The fraction of sp³-hybridized carbons (Fsp3) is 0.462. The second kappa shape index (κ2) is 4.37. The molecule has 4 nitrogen and oxygen atoms in total. The maximum Gasteiger partial charge on any atom is 0.321 e. The van der Waals surface area contributed by atoms with Gasteiger partial charge in [-0.2, -0.15) is 0 Å². The van der Waals surface area contributed by atoms with Crippen LogP contribution in [0.15, 0.2) is 18.2 Å². The Morgan fingerprint density at radius 2 is 2.12 bits per heavy atom. The number of nitrogen functional groups attached to an aromatic ring is 1. The monoisotopic (exact) mass is 234 g/mol. The van der Waals surface area contributed by atoms with Gasteiger partial charge in [0.05, 0.1) is 0 Å². The molecule has 1 atom stereocenters. The zero-order valence-corrected chi connectivity index (χ0v) is 10.2. The van der Waals surface area contributed by atoms with Crippen LogP contribution in [0, 0.1) is 5.92 Å². The van der Waals surface area contributed by atoms with Crippen LogP contribution < -0.4 is 5.73 Å². The van der Waals surface area contributed by atoms with E-state index in [1.54, 1.807) is 0 Å². The summed E-state index contributed by atoms with van der Waals surface area (Å²) in [5.41, 5.74) is 8.91. The van der Waals surface area contributed by atoms with Gasteiger partial charge in [0.15, 0.2) is 0 Å². The van der Waals surface area contributed by atoms with Gasteiger partial charge < -0.3 is 10.8 Å². The van der Waals surface area contributed by atoms with E-state index in [0.29, 0.717) is 13.1 Å².